The zero-order valence-corrected chi connectivity index (χ0v) is 6.47. The van der Waals surface area contributed by atoms with Gasteiger partial charge in [0.15, 0.2) is 0 Å². The van der Waals surface area contributed by atoms with Crippen molar-refractivity contribution in [1.82, 2.24) is 4.98 Å². The van der Waals surface area contributed by atoms with Crippen LogP contribution in [0.3, 0.4) is 0 Å². The Kier molecular flexibility index (Phi) is 2.36. The molecule has 1 heterocycles. The van der Waals surface area contributed by atoms with Crippen molar-refractivity contribution in [2.75, 3.05) is 0 Å². The number of carbonyl (C=O) groups is 1. The van der Waals surface area contributed by atoms with Gasteiger partial charge in [0.25, 0.3) is 5.24 Å². The Bertz CT molecular complexity index is 372. The normalized spacial score (nSPS) is 9.08. The summed E-state index contributed by atoms with van der Waals surface area (Å²) in [6.45, 7) is 0. The lowest BCUT2D eigenvalue weighted by atomic mass is 10.2. The van der Waals surface area contributed by atoms with Gasteiger partial charge in [-0.2, -0.15) is 9.65 Å². The van der Waals surface area contributed by atoms with Gasteiger partial charge in [0.1, 0.15) is 11.8 Å². The first-order chi connectivity index (χ1) is 5.65. The quantitative estimate of drug-likeness (QED) is 0.491. The van der Waals surface area contributed by atoms with Gasteiger partial charge in [-0.15, -0.1) is 0 Å². The predicted octanol–water partition coefficient (Wildman–Crippen LogP) is 1.47. The SMILES string of the molecule is N#Cc1ccc(F)nc1C(=O)Cl. The topological polar surface area (TPSA) is 53.8 Å². The predicted molar refractivity (Wildman–Crippen MR) is 39.1 cm³/mol. The first-order valence-electron chi connectivity index (χ1n) is 2.91. The Morgan fingerprint density at radius 2 is 2.33 bits per heavy atom. The molecular formula is C7H2ClFN2O. The van der Waals surface area contributed by atoms with E-state index in [1.807, 2.05) is 0 Å². The maximum atomic E-state index is 12.4. The van der Waals surface area contributed by atoms with Crippen LogP contribution in [0.4, 0.5) is 4.39 Å². The lowest BCUT2D eigenvalue weighted by Crippen LogP contribution is -2.00. The van der Waals surface area contributed by atoms with Gasteiger partial charge in [0, 0.05) is 0 Å². The number of pyridine rings is 1. The summed E-state index contributed by atoms with van der Waals surface area (Å²) in [6, 6.07) is 3.81. The molecule has 0 unspecified atom stereocenters. The zero-order chi connectivity index (χ0) is 9.14. The summed E-state index contributed by atoms with van der Waals surface area (Å²) in [6.07, 6.45) is 0. The number of carbonyl (C=O) groups excluding carboxylic acids is 1. The molecule has 0 aliphatic carbocycles. The fourth-order valence-corrected chi connectivity index (χ4v) is 0.819. The van der Waals surface area contributed by atoms with Crippen LogP contribution in [0.15, 0.2) is 12.1 Å². The van der Waals surface area contributed by atoms with Crippen LogP contribution in [-0.2, 0) is 0 Å². The molecule has 0 saturated carbocycles. The average molecular weight is 185 g/mol. The van der Waals surface area contributed by atoms with Crippen LogP contribution in [0, 0.1) is 17.3 Å². The maximum absolute atomic E-state index is 12.4. The molecule has 0 aliphatic heterocycles. The van der Waals surface area contributed by atoms with E-state index < -0.39 is 11.2 Å². The molecule has 0 saturated heterocycles. The van der Waals surface area contributed by atoms with Crippen LogP contribution >= 0.6 is 11.6 Å². The van der Waals surface area contributed by atoms with Gasteiger partial charge >= 0.3 is 0 Å². The van der Waals surface area contributed by atoms with Crippen LogP contribution in [0.1, 0.15) is 16.1 Å². The third-order valence-electron chi connectivity index (χ3n) is 1.17. The van der Waals surface area contributed by atoms with E-state index in [-0.39, 0.29) is 11.3 Å². The highest BCUT2D eigenvalue weighted by Gasteiger charge is 2.11. The monoisotopic (exact) mass is 184 g/mol. The summed E-state index contributed by atoms with van der Waals surface area (Å²) in [5, 5.41) is 7.50. The standard InChI is InChI=1S/C7H2ClFN2O/c8-7(12)6-4(3-10)1-2-5(9)11-6/h1-2H. The largest absolute Gasteiger partial charge is 0.274 e. The fraction of sp³-hybridized carbons (Fsp3) is 0. The molecule has 0 aliphatic rings. The van der Waals surface area contributed by atoms with E-state index in [4.69, 9.17) is 16.9 Å². The first kappa shape index (κ1) is 8.62. The van der Waals surface area contributed by atoms with Gasteiger partial charge in [-0.3, -0.25) is 4.79 Å². The summed E-state index contributed by atoms with van der Waals surface area (Å²) in [4.78, 5) is 13.7. The number of nitrogens with zero attached hydrogens (tertiary/aromatic N) is 2. The molecule has 60 valence electrons. The van der Waals surface area contributed by atoms with Gasteiger partial charge in [0.05, 0.1) is 5.56 Å². The number of hydrogen-bond donors (Lipinski definition) is 0. The molecule has 0 amide bonds. The van der Waals surface area contributed by atoms with E-state index in [1.165, 1.54) is 0 Å². The van der Waals surface area contributed by atoms with E-state index in [9.17, 15) is 9.18 Å². The van der Waals surface area contributed by atoms with Gasteiger partial charge in [0.2, 0.25) is 5.95 Å². The summed E-state index contributed by atoms with van der Waals surface area (Å²) in [7, 11) is 0. The molecule has 0 bridgehead atoms. The van der Waals surface area contributed by atoms with Crippen molar-refractivity contribution in [2.45, 2.75) is 0 Å². The van der Waals surface area contributed by atoms with Crippen LogP contribution in [0.2, 0.25) is 0 Å². The second-order valence-electron chi connectivity index (χ2n) is 1.92. The Morgan fingerprint density at radius 1 is 1.67 bits per heavy atom. The zero-order valence-electron chi connectivity index (χ0n) is 5.71. The Hall–Kier alpha value is -1.47. The molecule has 0 atom stereocenters. The van der Waals surface area contributed by atoms with E-state index in [0.29, 0.717) is 0 Å². The van der Waals surface area contributed by atoms with Crippen molar-refractivity contribution in [1.29, 1.82) is 5.26 Å². The third kappa shape index (κ3) is 1.57. The van der Waals surface area contributed by atoms with Crippen molar-refractivity contribution in [3.05, 3.63) is 29.3 Å². The van der Waals surface area contributed by atoms with Gasteiger partial charge in [-0.25, -0.2) is 4.98 Å². The number of halogens is 2. The van der Waals surface area contributed by atoms with Crippen molar-refractivity contribution >= 4 is 16.8 Å². The molecule has 0 aromatic carbocycles. The molecule has 1 rings (SSSR count). The van der Waals surface area contributed by atoms with Crippen molar-refractivity contribution in [2.24, 2.45) is 0 Å². The minimum atomic E-state index is -0.939. The molecule has 0 N–H and O–H groups in total. The van der Waals surface area contributed by atoms with Crippen LogP contribution in [0.5, 0.6) is 0 Å². The number of hydrogen-bond acceptors (Lipinski definition) is 3. The van der Waals surface area contributed by atoms with Gasteiger partial charge in [-0.05, 0) is 23.7 Å². The second-order valence-corrected chi connectivity index (χ2v) is 2.26. The summed E-state index contributed by atoms with van der Waals surface area (Å²) < 4.78 is 12.4. The summed E-state index contributed by atoms with van der Waals surface area (Å²) in [5.74, 6) is -0.835. The maximum Gasteiger partial charge on any atom is 0.272 e. The average Bonchev–Trinajstić information content (AvgIpc) is 2.04. The third-order valence-corrected chi connectivity index (χ3v) is 1.35. The van der Waals surface area contributed by atoms with Crippen molar-refractivity contribution in [3.63, 3.8) is 0 Å². The summed E-state index contributed by atoms with van der Waals surface area (Å²) in [5.41, 5.74) is -0.379. The highest BCUT2D eigenvalue weighted by Crippen LogP contribution is 2.08. The lowest BCUT2D eigenvalue weighted by Gasteiger charge is -1.94. The highest BCUT2D eigenvalue weighted by molar-refractivity contribution is 6.67. The number of aromatic nitrogens is 1. The Morgan fingerprint density at radius 3 is 2.83 bits per heavy atom. The molecular weight excluding hydrogens is 183 g/mol. The summed E-state index contributed by atoms with van der Waals surface area (Å²) >= 11 is 5.04. The first-order valence-corrected chi connectivity index (χ1v) is 3.29. The molecule has 1 aromatic rings. The van der Waals surface area contributed by atoms with Gasteiger partial charge in [-0.1, -0.05) is 0 Å². The minimum Gasteiger partial charge on any atom is -0.274 e. The van der Waals surface area contributed by atoms with E-state index >= 15 is 0 Å². The Balaban J connectivity index is 3.34. The number of nitriles is 1. The molecule has 3 nitrogen and oxygen atoms in total. The molecule has 12 heavy (non-hydrogen) atoms. The molecule has 5 heteroatoms. The van der Waals surface area contributed by atoms with Crippen molar-refractivity contribution in [3.8, 4) is 6.07 Å². The molecule has 0 spiro atoms. The van der Waals surface area contributed by atoms with E-state index in [2.05, 4.69) is 4.98 Å². The Labute approximate surface area is 72.4 Å². The highest BCUT2D eigenvalue weighted by atomic mass is 35.5. The second kappa shape index (κ2) is 3.28. The smallest absolute Gasteiger partial charge is 0.272 e. The van der Waals surface area contributed by atoms with Crippen LogP contribution < -0.4 is 0 Å². The minimum absolute atomic E-state index is 0.0311. The van der Waals surface area contributed by atoms with Crippen molar-refractivity contribution < 1.29 is 9.18 Å². The molecule has 0 radical (unpaired) electrons. The van der Waals surface area contributed by atoms with E-state index in [1.54, 1.807) is 6.07 Å². The number of rotatable bonds is 1. The van der Waals surface area contributed by atoms with Crippen LogP contribution in [-0.4, -0.2) is 10.2 Å². The van der Waals surface area contributed by atoms with Gasteiger partial charge < -0.3 is 0 Å². The van der Waals surface area contributed by atoms with E-state index in [0.717, 1.165) is 12.1 Å². The fourth-order valence-electron chi connectivity index (χ4n) is 0.675. The molecule has 1 aromatic heterocycles. The lowest BCUT2D eigenvalue weighted by molar-refractivity contribution is 0.107. The molecule has 0 fully saturated rings. The van der Waals surface area contributed by atoms with Crippen LogP contribution in [0.25, 0.3) is 0 Å².